The molecule has 0 aliphatic rings. The number of para-hydroxylation sites is 1. The summed E-state index contributed by atoms with van der Waals surface area (Å²) in [6.45, 7) is 5.30. The molecule has 0 saturated heterocycles. The van der Waals surface area contributed by atoms with E-state index in [2.05, 4.69) is 42.3 Å². The van der Waals surface area contributed by atoms with Gasteiger partial charge >= 0.3 is 0 Å². The Morgan fingerprint density at radius 3 is 2.68 bits per heavy atom. The molecule has 0 amide bonds. The van der Waals surface area contributed by atoms with Gasteiger partial charge in [-0.1, -0.05) is 38.1 Å². The summed E-state index contributed by atoms with van der Waals surface area (Å²) in [7, 11) is 0. The van der Waals surface area contributed by atoms with Gasteiger partial charge in [0.15, 0.2) is 0 Å². The molecule has 3 nitrogen and oxygen atoms in total. The molecule has 2 rings (SSSR count). The smallest absolute Gasteiger partial charge is 0.0705 e. The third-order valence-corrected chi connectivity index (χ3v) is 3.45. The van der Waals surface area contributed by atoms with Gasteiger partial charge < -0.3 is 10.4 Å². The number of nitrogens with one attached hydrogen (secondary N) is 1. The number of aliphatic hydroxyl groups excluding tert-OH is 1. The summed E-state index contributed by atoms with van der Waals surface area (Å²) in [5.74, 6) is 0.507. The van der Waals surface area contributed by atoms with Crippen LogP contribution in [0.2, 0.25) is 0 Å². The lowest BCUT2D eigenvalue weighted by atomic mass is 10.0. The second-order valence-electron chi connectivity index (χ2n) is 5.24. The molecule has 0 radical (unpaired) electrons. The van der Waals surface area contributed by atoms with Crippen LogP contribution in [0.3, 0.4) is 0 Å². The Kier molecular flexibility index (Phi) is 4.88. The van der Waals surface area contributed by atoms with E-state index in [1.54, 1.807) is 0 Å². The van der Waals surface area contributed by atoms with Crippen LogP contribution in [0.4, 0.5) is 0 Å². The zero-order valence-electron chi connectivity index (χ0n) is 11.6. The number of benzene rings is 1. The summed E-state index contributed by atoms with van der Waals surface area (Å²) in [5.41, 5.74) is 2.08. The highest BCUT2D eigenvalue weighted by molar-refractivity contribution is 5.78. The van der Waals surface area contributed by atoms with Gasteiger partial charge in [0.05, 0.1) is 11.2 Å². The molecule has 0 saturated carbocycles. The van der Waals surface area contributed by atoms with E-state index in [1.165, 1.54) is 5.39 Å². The van der Waals surface area contributed by atoms with Gasteiger partial charge in [0.2, 0.25) is 0 Å². The molecule has 3 heteroatoms. The molecule has 0 fully saturated rings. The molecule has 0 aliphatic carbocycles. The van der Waals surface area contributed by atoms with Crippen LogP contribution < -0.4 is 5.32 Å². The highest BCUT2D eigenvalue weighted by Crippen LogP contribution is 2.12. The van der Waals surface area contributed by atoms with Crippen molar-refractivity contribution in [3.8, 4) is 0 Å². The lowest BCUT2D eigenvalue weighted by Crippen LogP contribution is -2.34. The van der Waals surface area contributed by atoms with E-state index < -0.39 is 0 Å². The molecule has 1 heterocycles. The Morgan fingerprint density at radius 1 is 1.16 bits per heavy atom. The summed E-state index contributed by atoms with van der Waals surface area (Å²) < 4.78 is 0. The van der Waals surface area contributed by atoms with Crippen molar-refractivity contribution in [3.63, 3.8) is 0 Å². The number of nitrogens with zero attached hydrogens (tertiary/aromatic N) is 1. The number of pyridine rings is 1. The lowest BCUT2D eigenvalue weighted by molar-refractivity contribution is 0.243. The first-order valence-electron chi connectivity index (χ1n) is 6.89. The topological polar surface area (TPSA) is 45.1 Å². The fourth-order valence-corrected chi connectivity index (χ4v) is 2.25. The fourth-order valence-electron chi connectivity index (χ4n) is 2.25. The Morgan fingerprint density at radius 2 is 1.95 bits per heavy atom. The van der Waals surface area contributed by atoms with Crippen LogP contribution in [-0.2, 0) is 6.54 Å². The Labute approximate surface area is 114 Å². The van der Waals surface area contributed by atoms with Crippen molar-refractivity contribution in [2.45, 2.75) is 32.9 Å². The third-order valence-electron chi connectivity index (χ3n) is 3.45. The SMILES string of the molecule is CC(C)C(CCO)NCc1ccc2ccccc2n1. The van der Waals surface area contributed by atoms with E-state index in [0.29, 0.717) is 12.0 Å². The van der Waals surface area contributed by atoms with Crippen LogP contribution in [0.25, 0.3) is 10.9 Å². The molecular formula is C16H22N2O. The minimum Gasteiger partial charge on any atom is -0.396 e. The van der Waals surface area contributed by atoms with Gasteiger partial charge in [-0.3, -0.25) is 4.98 Å². The van der Waals surface area contributed by atoms with Crippen molar-refractivity contribution in [2.75, 3.05) is 6.61 Å². The third kappa shape index (κ3) is 3.75. The van der Waals surface area contributed by atoms with Crippen molar-refractivity contribution in [3.05, 3.63) is 42.1 Å². The van der Waals surface area contributed by atoms with Crippen molar-refractivity contribution in [1.29, 1.82) is 0 Å². The molecule has 0 bridgehead atoms. The van der Waals surface area contributed by atoms with Crippen LogP contribution in [0.1, 0.15) is 26.0 Å². The van der Waals surface area contributed by atoms with E-state index in [4.69, 9.17) is 5.11 Å². The van der Waals surface area contributed by atoms with Gasteiger partial charge in [-0.15, -0.1) is 0 Å². The van der Waals surface area contributed by atoms with Crippen molar-refractivity contribution < 1.29 is 5.11 Å². The van der Waals surface area contributed by atoms with Crippen LogP contribution in [-0.4, -0.2) is 22.7 Å². The summed E-state index contributed by atoms with van der Waals surface area (Å²) in [6.07, 6.45) is 0.783. The minimum absolute atomic E-state index is 0.223. The predicted octanol–water partition coefficient (Wildman–Crippen LogP) is 2.73. The standard InChI is InChI=1S/C16H22N2O/c1-12(2)15(9-10-19)17-11-14-8-7-13-5-3-4-6-16(13)18-14/h3-8,12,15,17,19H,9-11H2,1-2H3. The summed E-state index contributed by atoms with van der Waals surface area (Å²) in [5, 5.41) is 13.7. The van der Waals surface area contributed by atoms with E-state index in [9.17, 15) is 0 Å². The van der Waals surface area contributed by atoms with Crippen LogP contribution in [0, 0.1) is 5.92 Å². The maximum absolute atomic E-state index is 9.07. The van der Waals surface area contributed by atoms with E-state index >= 15 is 0 Å². The van der Waals surface area contributed by atoms with Gasteiger partial charge in [-0.25, -0.2) is 0 Å². The molecule has 1 aromatic carbocycles. The summed E-state index contributed by atoms with van der Waals surface area (Å²) in [4.78, 5) is 4.64. The highest BCUT2D eigenvalue weighted by atomic mass is 16.3. The van der Waals surface area contributed by atoms with Gasteiger partial charge in [0, 0.05) is 24.6 Å². The molecule has 19 heavy (non-hydrogen) atoms. The largest absolute Gasteiger partial charge is 0.396 e. The van der Waals surface area contributed by atoms with Crippen molar-refractivity contribution in [1.82, 2.24) is 10.3 Å². The normalized spacial score (nSPS) is 13.1. The van der Waals surface area contributed by atoms with Crippen LogP contribution in [0.5, 0.6) is 0 Å². The molecule has 0 spiro atoms. The van der Waals surface area contributed by atoms with Gasteiger partial charge in [-0.2, -0.15) is 0 Å². The van der Waals surface area contributed by atoms with E-state index in [-0.39, 0.29) is 6.61 Å². The summed E-state index contributed by atoms with van der Waals surface area (Å²) in [6, 6.07) is 12.6. The van der Waals surface area contributed by atoms with Crippen LogP contribution in [0.15, 0.2) is 36.4 Å². The minimum atomic E-state index is 0.223. The molecule has 2 N–H and O–H groups in total. The van der Waals surface area contributed by atoms with Crippen LogP contribution >= 0.6 is 0 Å². The average molecular weight is 258 g/mol. The lowest BCUT2D eigenvalue weighted by Gasteiger charge is -2.21. The van der Waals surface area contributed by atoms with Gasteiger partial charge in [0.1, 0.15) is 0 Å². The second kappa shape index (κ2) is 6.64. The predicted molar refractivity (Wildman–Crippen MR) is 78.9 cm³/mol. The Hall–Kier alpha value is -1.45. The number of hydrogen-bond donors (Lipinski definition) is 2. The monoisotopic (exact) mass is 258 g/mol. The Balaban J connectivity index is 2.04. The molecular weight excluding hydrogens is 236 g/mol. The quantitative estimate of drug-likeness (QED) is 0.837. The number of aliphatic hydroxyl groups is 1. The molecule has 0 aliphatic heterocycles. The first-order chi connectivity index (χ1) is 9.20. The van der Waals surface area contributed by atoms with Gasteiger partial charge in [-0.05, 0) is 24.5 Å². The maximum atomic E-state index is 9.07. The second-order valence-corrected chi connectivity index (χ2v) is 5.24. The van der Waals surface area contributed by atoms with Gasteiger partial charge in [0.25, 0.3) is 0 Å². The van der Waals surface area contributed by atoms with E-state index in [1.807, 2.05) is 18.2 Å². The first-order valence-corrected chi connectivity index (χ1v) is 6.89. The molecule has 1 atom stereocenters. The first kappa shape index (κ1) is 14.0. The molecule has 1 unspecified atom stereocenters. The fraction of sp³-hybridized carbons (Fsp3) is 0.438. The molecule has 102 valence electrons. The number of hydrogen-bond acceptors (Lipinski definition) is 3. The highest BCUT2D eigenvalue weighted by Gasteiger charge is 2.12. The molecule has 2 aromatic rings. The zero-order chi connectivity index (χ0) is 13.7. The van der Waals surface area contributed by atoms with Crippen molar-refractivity contribution >= 4 is 10.9 Å². The summed E-state index contributed by atoms with van der Waals surface area (Å²) >= 11 is 0. The number of fused-ring (bicyclic) bond motifs is 1. The number of aromatic nitrogens is 1. The van der Waals surface area contributed by atoms with Crippen molar-refractivity contribution in [2.24, 2.45) is 5.92 Å². The maximum Gasteiger partial charge on any atom is 0.0705 e. The average Bonchev–Trinajstić information content (AvgIpc) is 2.43. The van der Waals surface area contributed by atoms with E-state index in [0.717, 1.165) is 24.2 Å². The Bertz CT molecular complexity index is 525. The number of rotatable bonds is 6. The molecule has 1 aromatic heterocycles. The zero-order valence-corrected chi connectivity index (χ0v) is 11.6.